The van der Waals surface area contributed by atoms with Crippen LogP contribution in [0.4, 0.5) is 5.69 Å². The Bertz CT molecular complexity index is 1070. The second-order valence-corrected chi connectivity index (χ2v) is 7.82. The maximum absolute atomic E-state index is 12.9. The molecule has 0 aliphatic rings. The smallest absolute Gasteiger partial charge is 0.265 e. The number of ether oxygens (including phenoxy) is 1. The van der Waals surface area contributed by atoms with E-state index in [-0.39, 0.29) is 11.7 Å². The molecule has 0 unspecified atom stereocenters. The summed E-state index contributed by atoms with van der Waals surface area (Å²) in [7, 11) is 0. The molecule has 0 spiro atoms. The third kappa shape index (κ3) is 5.02. The molecule has 4 nitrogen and oxygen atoms in total. The van der Waals surface area contributed by atoms with Gasteiger partial charge in [-0.3, -0.25) is 9.59 Å². The van der Waals surface area contributed by atoms with Gasteiger partial charge in [-0.05, 0) is 62.2 Å². The van der Waals surface area contributed by atoms with Gasteiger partial charge in [0.2, 0.25) is 0 Å². The second-order valence-electron chi connectivity index (χ2n) is 7.01. The van der Waals surface area contributed by atoms with Crippen molar-refractivity contribution in [3.8, 4) is 5.75 Å². The SMILES string of the molecule is Cc1cc(O[C@@H](C)C(=O)Nc2ccc(Cl)cc2C(=O)c2ccccc2)cc(C)c1Cl. The fourth-order valence-corrected chi connectivity index (χ4v) is 3.31. The van der Waals surface area contributed by atoms with Crippen molar-refractivity contribution in [3.63, 3.8) is 0 Å². The van der Waals surface area contributed by atoms with E-state index in [1.54, 1.807) is 61.5 Å². The van der Waals surface area contributed by atoms with Crippen LogP contribution in [0.5, 0.6) is 5.75 Å². The summed E-state index contributed by atoms with van der Waals surface area (Å²) in [5.41, 5.74) is 2.93. The molecule has 0 bridgehead atoms. The van der Waals surface area contributed by atoms with Gasteiger partial charge in [-0.2, -0.15) is 0 Å². The highest BCUT2D eigenvalue weighted by atomic mass is 35.5. The monoisotopic (exact) mass is 441 g/mol. The van der Waals surface area contributed by atoms with Gasteiger partial charge in [-0.25, -0.2) is 0 Å². The van der Waals surface area contributed by atoms with Gasteiger partial charge in [-0.1, -0.05) is 53.5 Å². The van der Waals surface area contributed by atoms with E-state index in [4.69, 9.17) is 27.9 Å². The van der Waals surface area contributed by atoms with Crippen molar-refractivity contribution in [2.24, 2.45) is 0 Å². The van der Waals surface area contributed by atoms with E-state index < -0.39 is 6.10 Å². The quantitative estimate of drug-likeness (QED) is 0.460. The lowest BCUT2D eigenvalue weighted by atomic mass is 10.0. The molecule has 0 saturated heterocycles. The number of hydrogen-bond donors (Lipinski definition) is 1. The zero-order valence-electron chi connectivity index (χ0n) is 16.8. The van der Waals surface area contributed by atoms with E-state index in [1.807, 2.05) is 19.9 Å². The molecule has 3 aromatic rings. The van der Waals surface area contributed by atoms with Gasteiger partial charge in [0, 0.05) is 21.2 Å². The first-order valence-electron chi connectivity index (χ1n) is 9.40. The summed E-state index contributed by atoms with van der Waals surface area (Å²) in [6.45, 7) is 5.40. The molecule has 0 radical (unpaired) electrons. The summed E-state index contributed by atoms with van der Waals surface area (Å²) in [6, 6.07) is 17.2. The molecule has 30 heavy (non-hydrogen) atoms. The number of carbonyl (C=O) groups excluding carboxylic acids is 2. The highest BCUT2D eigenvalue weighted by Crippen LogP contribution is 2.27. The molecular formula is C24H21Cl2NO3. The molecule has 1 amide bonds. The Hall–Kier alpha value is -2.82. The molecule has 154 valence electrons. The van der Waals surface area contributed by atoms with Gasteiger partial charge in [0.1, 0.15) is 5.75 Å². The summed E-state index contributed by atoms with van der Waals surface area (Å²) in [5, 5.41) is 3.86. The predicted octanol–water partition coefficient (Wildman–Crippen LogP) is 6.25. The van der Waals surface area contributed by atoms with Crippen molar-refractivity contribution in [2.45, 2.75) is 26.9 Å². The highest BCUT2D eigenvalue weighted by Gasteiger charge is 2.20. The van der Waals surface area contributed by atoms with E-state index in [9.17, 15) is 9.59 Å². The number of carbonyl (C=O) groups is 2. The third-order valence-electron chi connectivity index (χ3n) is 4.61. The zero-order valence-corrected chi connectivity index (χ0v) is 18.3. The Morgan fingerprint density at radius 2 is 1.57 bits per heavy atom. The number of anilines is 1. The minimum atomic E-state index is -0.791. The summed E-state index contributed by atoms with van der Waals surface area (Å²) in [6.07, 6.45) is -0.791. The maximum Gasteiger partial charge on any atom is 0.265 e. The Balaban J connectivity index is 1.80. The van der Waals surface area contributed by atoms with Crippen LogP contribution in [-0.2, 0) is 4.79 Å². The summed E-state index contributed by atoms with van der Waals surface area (Å²) >= 11 is 12.3. The Morgan fingerprint density at radius 3 is 2.20 bits per heavy atom. The summed E-state index contributed by atoms with van der Waals surface area (Å²) in [4.78, 5) is 25.7. The Kier molecular flexibility index (Phi) is 6.80. The van der Waals surface area contributed by atoms with Crippen molar-refractivity contribution in [1.82, 2.24) is 0 Å². The van der Waals surface area contributed by atoms with E-state index in [1.165, 1.54) is 0 Å². The molecule has 0 aromatic heterocycles. The minimum Gasteiger partial charge on any atom is -0.481 e. The van der Waals surface area contributed by atoms with Crippen LogP contribution in [0.3, 0.4) is 0 Å². The van der Waals surface area contributed by atoms with Crippen molar-refractivity contribution >= 4 is 40.6 Å². The average molecular weight is 442 g/mol. The van der Waals surface area contributed by atoms with E-state index >= 15 is 0 Å². The van der Waals surface area contributed by atoms with Crippen molar-refractivity contribution in [2.75, 3.05) is 5.32 Å². The minimum absolute atomic E-state index is 0.231. The van der Waals surface area contributed by atoms with E-state index in [0.717, 1.165) is 11.1 Å². The lowest BCUT2D eigenvalue weighted by molar-refractivity contribution is -0.122. The van der Waals surface area contributed by atoms with Crippen LogP contribution in [-0.4, -0.2) is 17.8 Å². The molecule has 0 aliphatic carbocycles. The fourth-order valence-electron chi connectivity index (χ4n) is 3.02. The number of hydrogen-bond acceptors (Lipinski definition) is 3. The first-order chi connectivity index (χ1) is 14.3. The van der Waals surface area contributed by atoms with Gasteiger partial charge in [0.15, 0.2) is 11.9 Å². The standard InChI is InChI=1S/C24H21Cl2NO3/c1-14-11-19(12-15(2)22(14)26)30-16(3)24(29)27-21-10-9-18(25)13-20(21)23(28)17-7-5-4-6-8-17/h4-13,16H,1-3H3,(H,27,29)/t16-/m0/s1. The van der Waals surface area contributed by atoms with Crippen LogP contribution in [0.1, 0.15) is 34.0 Å². The van der Waals surface area contributed by atoms with Crippen LogP contribution in [0, 0.1) is 13.8 Å². The Labute approximate surface area is 185 Å². The summed E-state index contributed by atoms with van der Waals surface area (Å²) in [5.74, 6) is -0.0654. The molecule has 0 aliphatic heterocycles. The lowest BCUT2D eigenvalue weighted by Crippen LogP contribution is -2.30. The highest BCUT2D eigenvalue weighted by molar-refractivity contribution is 6.32. The number of ketones is 1. The average Bonchev–Trinajstić information content (AvgIpc) is 2.73. The number of amides is 1. The van der Waals surface area contributed by atoms with Crippen LogP contribution >= 0.6 is 23.2 Å². The van der Waals surface area contributed by atoms with Gasteiger partial charge in [0.25, 0.3) is 5.91 Å². The molecule has 0 fully saturated rings. The lowest BCUT2D eigenvalue weighted by Gasteiger charge is -2.17. The van der Waals surface area contributed by atoms with Crippen molar-refractivity contribution < 1.29 is 14.3 Å². The maximum atomic E-state index is 12.9. The zero-order chi connectivity index (χ0) is 21.8. The molecule has 3 rings (SSSR count). The molecular weight excluding hydrogens is 421 g/mol. The van der Waals surface area contributed by atoms with Gasteiger partial charge in [0.05, 0.1) is 5.69 Å². The number of aryl methyl sites for hydroxylation is 2. The van der Waals surface area contributed by atoms with Crippen LogP contribution < -0.4 is 10.1 Å². The van der Waals surface area contributed by atoms with E-state index in [0.29, 0.717) is 32.6 Å². The number of benzene rings is 3. The van der Waals surface area contributed by atoms with Crippen molar-refractivity contribution in [1.29, 1.82) is 0 Å². The number of rotatable bonds is 6. The topological polar surface area (TPSA) is 55.4 Å². The number of halogens is 2. The molecule has 6 heteroatoms. The van der Waals surface area contributed by atoms with Crippen LogP contribution in [0.15, 0.2) is 60.7 Å². The van der Waals surface area contributed by atoms with Gasteiger partial charge >= 0.3 is 0 Å². The fraction of sp³-hybridized carbons (Fsp3) is 0.167. The Morgan fingerprint density at radius 1 is 0.933 bits per heavy atom. The molecule has 0 saturated carbocycles. The van der Waals surface area contributed by atoms with Gasteiger partial charge in [-0.15, -0.1) is 0 Å². The first kappa shape index (κ1) is 21.9. The second kappa shape index (κ2) is 9.33. The van der Waals surface area contributed by atoms with Gasteiger partial charge < -0.3 is 10.1 Å². The summed E-state index contributed by atoms with van der Waals surface area (Å²) < 4.78 is 5.79. The third-order valence-corrected chi connectivity index (χ3v) is 5.44. The number of nitrogens with one attached hydrogen (secondary N) is 1. The van der Waals surface area contributed by atoms with Crippen molar-refractivity contribution in [3.05, 3.63) is 93.0 Å². The van der Waals surface area contributed by atoms with Crippen LogP contribution in [0.25, 0.3) is 0 Å². The first-order valence-corrected chi connectivity index (χ1v) is 10.2. The molecule has 1 N–H and O–H groups in total. The van der Waals surface area contributed by atoms with E-state index in [2.05, 4.69) is 5.32 Å². The predicted molar refractivity (Wildman–Crippen MR) is 121 cm³/mol. The normalized spacial score (nSPS) is 11.6. The largest absolute Gasteiger partial charge is 0.481 e. The molecule has 1 atom stereocenters. The molecule has 3 aromatic carbocycles. The molecule has 0 heterocycles. The van der Waals surface area contributed by atoms with Crippen LogP contribution in [0.2, 0.25) is 10.0 Å².